The summed E-state index contributed by atoms with van der Waals surface area (Å²) in [6, 6.07) is -0.929. The summed E-state index contributed by atoms with van der Waals surface area (Å²) in [7, 11) is -2.06. The molecule has 0 aliphatic carbocycles. The maximum atomic E-state index is 12.8. The lowest BCUT2D eigenvalue weighted by Crippen LogP contribution is -2.45. The number of sulfonamides is 1. The minimum Gasteiger partial charge on any atom is -0.385 e. The summed E-state index contributed by atoms with van der Waals surface area (Å²) in [5.74, 6) is -0.133. The highest BCUT2D eigenvalue weighted by Crippen LogP contribution is 2.24. The van der Waals surface area contributed by atoms with Crippen LogP contribution < -0.4 is 10.6 Å². The SMILES string of the molecule is COCCCN1C(=O)[C@@H]2C[C@H](NC(=O)NCC(C)C)CN2CCS1(=O)=O. The van der Waals surface area contributed by atoms with Crippen molar-refractivity contribution >= 4 is 22.0 Å². The summed E-state index contributed by atoms with van der Waals surface area (Å²) < 4.78 is 30.8. The molecule has 10 heteroatoms. The summed E-state index contributed by atoms with van der Waals surface area (Å²) in [5, 5.41) is 5.68. The van der Waals surface area contributed by atoms with Gasteiger partial charge in [0.25, 0.3) is 5.91 Å². The Bertz CT molecular complexity index is 610. The van der Waals surface area contributed by atoms with Crippen LogP contribution in [0, 0.1) is 5.92 Å². The molecule has 0 aromatic heterocycles. The molecule has 2 rings (SSSR count). The van der Waals surface area contributed by atoms with Crippen molar-refractivity contribution in [1.82, 2.24) is 19.8 Å². The molecule has 0 saturated carbocycles. The average Bonchev–Trinajstić information content (AvgIpc) is 2.94. The second-order valence-electron chi connectivity index (χ2n) is 7.26. The van der Waals surface area contributed by atoms with Crippen molar-refractivity contribution in [2.24, 2.45) is 5.92 Å². The molecule has 26 heavy (non-hydrogen) atoms. The molecule has 2 aliphatic heterocycles. The number of urea groups is 1. The lowest BCUT2D eigenvalue weighted by Gasteiger charge is -2.23. The predicted molar refractivity (Wildman–Crippen MR) is 97.1 cm³/mol. The van der Waals surface area contributed by atoms with E-state index >= 15 is 0 Å². The number of carbonyl (C=O) groups excluding carboxylic acids is 2. The maximum absolute atomic E-state index is 12.8. The van der Waals surface area contributed by atoms with Crippen LogP contribution in [0.15, 0.2) is 0 Å². The van der Waals surface area contributed by atoms with Crippen LogP contribution in [-0.4, -0.2) is 87.3 Å². The van der Waals surface area contributed by atoms with E-state index < -0.39 is 22.0 Å². The largest absolute Gasteiger partial charge is 0.385 e. The van der Waals surface area contributed by atoms with Crippen molar-refractivity contribution in [2.75, 3.05) is 45.6 Å². The van der Waals surface area contributed by atoms with Gasteiger partial charge in [-0.1, -0.05) is 13.8 Å². The van der Waals surface area contributed by atoms with E-state index in [0.29, 0.717) is 45.0 Å². The normalized spacial score (nSPS) is 25.8. The quantitative estimate of drug-likeness (QED) is 0.573. The fraction of sp³-hybridized carbons (Fsp3) is 0.875. The second kappa shape index (κ2) is 9.01. The van der Waals surface area contributed by atoms with E-state index in [-0.39, 0.29) is 24.4 Å². The highest BCUT2D eigenvalue weighted by Gasteiger charge is 2.45. The highest BCUT2D eigenvalue weighted by molar-refractivity contribution is 7.89. The number of rotatable bonds is 7. The summed E-state index contributed by atoms with van der Waals surface area (Å²) in [4.78, 5) is 26.6. The van der Waals surface area contributed by atoms with Crippen LogP contribution in [0.2, 0.25) is 0 Å². The lowest BCUT2D eigenvalue weighted by molar-refractivity contribution is -0.130. The Morgan fingerprint density at radius 3 is 2.77 bits per heavy atom. The van der Waals surface area contributed by atoms with E-state index in [9.17, 15) is 18.0 Å². The zero-order valence-electron chi connectivity index (χ0n) is 15.7. The number of nitrogens with one attached hydrogen (secondary N) is 2. The molecule has 0 unspecified atom stereocenters. The van der Waals surface area contributed by atoms with Crippen molar-refractivity contribution in [3.63, 3.8) is 0 Å². The third kappa shape index (κ3) is 5.31. The van der Waals surface area contributed by atoms with Gasteiger partial charge >= 0.3 is 6.03 Å². The Labute approximate surface area is 155 Å². The van der Waals surface area contributed by atoms with Crippen molar-refractivity contribution in [3.05, 3.63) is 0 Å². The summed E-state index contributed by atoms with van der Waals surface area (Å²) in [5.41, 5.74) is 0. The van der Waals surface area contributed by atoms with Gasteiger partial charge in [-0.3, -0.25) is 9.69 Å². The monoisotopic (exact) mass is 390 g/mol. The first-order valence-electron chi connectivity index (χ1n) is 9.06. The van der Waals surface area contributed by atoms with Gasteiger partial charge in [0.15, 0.2) is 0 Å². The van der Waals surface area contributed by atoms with E-state index in [1.165, 1.54) is 7.11 Å². The fourth-order valence-electron chi connectivity index (χ4n) is 3.29. The minimum atomic E-state index is -3.60. The predicted octanol–water partition coefficient (Wildman–Crippen LogP) is -0.407. The molecular weight excluding hydrogens is 360 g/mol. The van der Waals surface area contributed by atoms with Gasteiger partial charge in [-0.2, -0.15) is 0 Å². The van der Waals surface area contributed by atoms with Gasteiger partial charge in [0.05, 0.1) is 11.8 Å². The van der Waals surface area contributed by atoms with Crippen molar-refractivity contribution in [3.8, 4) is 0 Å². The van der Waals surface area contributed by atoms with Crippen LogP contribution in [0.4, 0.5) is 4.79 Å². The molecule has 0 bridgehead atoms. The first-order chi connectivity index (χ1) is 12.2. The Balaban J connectivity index is 1.99. The molecular formula is C16H30N4O5S. The van der Waals surface area contributed by atoms with Crippen LogP contribution >= 0.6 is 0 Å². The maximum Gasteiger partial charge on any atom is 0.315 e. The second-order valence-corrected chi connectivity index (χ2v) is 9.28. The van der Waals surface area contributed by atoms with Gasteiger partial charge in [0, 0.05) is 45.9 Å². The molecule has 0 spiro atoms. The Morgan fingerprint density at radius 2 is 2.12 bits per heavy atom. The molecule has 0 aromatic carbocycles. The zero-order chi connectivity index (χ0) is 19.3. The number of methoxy groups -OCH3 is 1. The van der Waals surface area contributed by atoms with Crippen molar-refractivity contribution in [2.45, 2.75) is 38.8 Å². The smallest absolute Gasteiger partial charge is 0.315 e. The average molecular weight is 391 g/mol. The molecule has 0 aromatic rings. The van der Waals surface area contributed by atoms with Gasteiger partial charge in [0.1, 0.15) is 0 Å². The number of nitrogens with zero attached hydrogens (tertiary/aromatic N) is 2. The first-order valence-corrected chi connectivity index (χ1v) is 10.7. The molecule has 9 nitrogen and oxygen atoms in total. The van der Waals surface area contributed by atoms with Gasteiger partial charge in [-0.25, -0.2) is 17.5 Å². The molecule has 2 saturated heterocycles. The van der Waals surface area contributed by atoms with E-state index in [0.717, 1.165) is 4.31 Å². The molecule has 2 aliphatic rings. The minimum absolute atomic E-state index is 0.0888. The lowest BCUT2D eigenvalue weighted by atomic mass is 10.1. The molecule has 2 atom stereocenters. The number of ether oxygens (including phenoxy) is 1. The van der Waals surface area contributed by atoms with E-state index in [4.69, 9.17) is 4.74 Å². The molecule has 3 amide bonds. The topological polar surface area (TPSA) is 108 Å². The highest BCUT2D eigenvalue weighted by atomic mass is 32.2. The molecule has 2 N–H and O–H groups in total. The van der Waals surface area contributed by atoms with Crippen LogP contribution in [0.5, 0.6) is 0 Å². The molecule has 2 heterocycles. The number of hydrogen-bond acceptors (Lipinski definition) is 6. The van der Waals surface area contributed by atoms with Crippen molar-refractivity contribution in [1.29, 1.82) is 0 Å². The summed E-state index contributed by atoms with van der Waals surface area (Å²) in [6.07, 6.45) is 0.887. The number of hydrogen-bond donors (Lipinski definition) is 2. The van der Waals surface area contributed by atoms with Crippen LogP contribution in [0.3, 0.4) is 0 Å². The van der Waals surface area contributed by atoms with E-state index in [1.54, 1.807) is 0 Å². The Morgan fingerprint density at radius 1 is 1.38 bits per heavy atom. The van der Waals surface area contributed by atoms with Gasteiger partial charge in [0.2, 0.25) is 10.0 Å². The molecule has 2 fully saturated rings. The van der Waals surface area contributed by atoms with Gasteiger partial charge in [-0.15, -0.1) is 0 Å². The number of amides is 3. The van der Waals surface area contributed by atoms with Crippen LogP contribution in [0.1, 0.15) is 26.7 Å². The van der Waals surface area contributed by atoms with Gasteiger partial charge < -0.3 is 15.4 Å². The van der Waals surface area contributed by atoms with Crippen LogP contribution in [0.25, 0.3) is 0 Å². The van der Waals surface area contributed by atoms with Crippen LogP contribution in [-0.2, 0) is 19.6 Å². The van der Waals surface area contributed by atoms with E-state index in [1.807, 2.05) is 18.7 Å². The molecule has 150 valence electrons. The third-order valence-corrected chi connectivity index (χ3v) is 6.35. The summed E-state index contributed by atoms with van der Waals surface area (Å²) in [6.45, 7) is 5.91. The van der Waals surface area contributed by atoms with Gasteiger partial charge in [-0.05, 0) is 18.8 Å². The Hall–Kier alpha value is -1.39. The summed E-state index contributed by atoms with van der Waals surface area (Å²) >= 11 is 0. The standard InChI is InChI=1S/C16H30N4O5S/c1-12(2)10-17-16(22)18-13-9-14-15(21)20(5-4-7-25-3)26(23,24)8-6-19(14)11-13/h12-14H,4-11H2,1-3H3,(H2,17,18,22)/t13-,14-/m0/s1. The zero-order valence-corrected chi connectivity index (χ0v) is 16.5. The fourth-order valence-corrected chi connectivity index (χ4v) is 4.78. The van der Waals surface area contributed by atoms with Crippen molar-refractivity contribution < 1.29 is 22.7 Å². The third-order valence-electron chi connectivity index (χ3n) is 4.62. The first kappa shape index (κ1) is 20.9. The van der Waals surface area contributed by atoms with E-state index in [2.05, 4.69) is 10.6 Å². The number of fused-ring (bicyclic) bond motifs is 1. The Kier molecular flexibility index (Phi) is 7.24. The number of carbonyl (C=O) groups is 2. The molecule has 0 radical (unpaired) electrons.